The minimum Gasteiger partial charge on any atom is -0.480 e. The molecule has 10 N–H and O–H groups in total. The smallest absolute Gasteiger partial charge is 0.326 e. The standard InChI is InChI=1S/C19H35N7O6/c1-10(2)14(17(30)24-12(18(31)32)6-4-8-23-19(20)21)26-16(29)13(9-27)25-15(28)11-5-3-7-22-11/h10-14,22,27H,3-9H2,1-2H3,(H,24,30)(H,25,28)(H,26,29)(H,31,32)(H4,20,21,23)/t11-,12-,13-,14-/m0/s1. The van der Waals surface area contributed by atoms with E-state index in [9.17, 15) is 29.4 Å². The summed E-state index contributed by atoms with van der Waals surface area (Å²) >= 11 is 0. The predicted molar refractivity (Wildman–Crippen MR) is 116 cm³/mol. The van der Waals surface area contributed by atoms with Crippen LogP contribution in [-0.4, -0.2) is 83.7 Å². The third kappa shape index (κ3) is 9.06. The molecule has 0 aromatic heterocycles. The minimum absolute atomic E-state index is 0.0837. The first-order valence-electron chi connectivity index (χ1n) is 10.6. The van der Waals surface area contributed by atoms with Crippen LogP contribution in [0.25, 0.3) is 0 Å². The third-order valence-corrected chi connectivity index (χ3v) is 5.00. The van der Waals surface area contributed by atoms with E-state index in [2.05, 4.69) is 26.3 Å². The summed E-state index contributed by atoms with van der Waals surface area (Å²) in [5.41, 5.74) is 10.4. The maximum Gasteiger partial charge on any atom is 0.326 e. The lowest BCUT2D eigenvalue weighted by atomic mass is 10.0. The number of nitrogens with zero attached hydrogens (tertiary/aromatic N) is 1. The fourth-order valence-electron chi connectivity index (χ4n) is 3.19. The maximum atomic E-state index is 12.7. The molecule has 182 valence electrons. The first-order valence-corrected chi connectivity index (χ1v) is 10.6. The van der Waals surface area contributed by atoms with Crippen LogP contribution in [0.1, 0.15) is 39.5 Å². The van der Waals surface area contributed by atoms with Crippen molar-refractivity contribution in [3.8, 4) is 0 Å². The number of amides is 3. The molecule has 1 rings (SSSR count). The van der Waals surface area contributed by atoms with E-state index in [-0.39, 0.29) is 24.8 Å². The molecule has 0 spiro atoms. The van der Waals surface area contributed by atoms with Gasteiger partial charge in [-0.3, -0.25) is 19.4 Å². The highest BCUT2D eigenvalue weighted by atomic mass is 16.4. The molecule has 13 nitrogen and oxygen atoms in total. The van der Waals surface area contributed by atoms with Gasteiger partial charge >= 0.3 is 5.97 Å². The van der Waals surface area contributed by atoms with Gasteiger partial charge in [0.05, 0.1) is 12.6 Å². The molecule has 13 heteroatoms. The van der Waals surface area contributed by atoms with Crippen LogP contribution in [-0.2, 0) is 19.2 Å². The average molecular weight is 458 g/mol. The molecule has 4 atom stereocenters. The van der Waals surface area contributed by atoms with Crippen molar-refractivity contribution in [1.82, 2.24) is 21.3 Å². The van der Waals surface area contributed by atoms with E-state index in [1.165, 1.54) is 0 Å². The molecule has 32 heavy (non-hydrogen) atoms. The van der Waals surface area contributed by atoms with Crippen molar-refractivity contribution in [2.24, 2.45) is 22.4 Å². The molecule has 1 heterocycles. The highest BCUT2D eigenvalue weighted by Crippen LogP contribution is 2.07. The number of hydrogen-bond donors (Lipinski definition) is 8. The zero-order valence-corrected chi connectivity index (χ0v) is 18.5. The summed E-state index contributed by atoms with van der Waals surface area (Å²) in [5.74, 6) is -3.58. The summed E-state index contributed by atoms with van der Waals surface area (Å²) in [6.45, 7) is 3.60. The van der Waals surface area contributed by atoms with E-state index in [0.29, 0.717) is 19.4 Å². The normalized spacial score (nSPS) is 18.3. The van der Waals surface area contributed by atoms with Gasteiger partial charge in [0.15, 0.2) is 5.96 Å². The highest BCUT2D eigenvalue weighted by Gasteiger charge is 2.32. The van der Waals surface area contributed by atoms with Gasteiger partial charge in [0.1, 0.15) is 18.1 Å². The monoisotopic (exact) mass is 457 g/mol. The Balaban J connectivity index is 2.72. The van der Waals surface area contributed by atoms with Crippen LogP contribution >= 0.6 is 0 Å². The number of aliphatic imine (C=N–C) groups is 1. The fraction of sp³-hybridized carbons (Fsp3) is 0.737. The second-order valence-electron chi connectivity index (χ2n) is 7.97. The van der Waals surface area contributed by atoms with Crippen LogP contribution in [0.2, 0.25) is 0 Å². The fourth-order valence-corrected chi connectivity index (χ4v) is 3.19. The van der Waals surface area contributed by atoms with Crippen LogP contribution in [0.4, 0.5) is 0 Å². The Kier molecular flexibility index (Phi) is 11.4. The zero-order chi connectivity index (χ0) is 24.3. The number of rotatable bonds is 13. The summed E-state index contributed by atoms with van der Waals surface area (Å²) in [7, 11) is 0. The number of carbonyl (C=O) groups excluding carboxylic acids is 3. The van der Waals surface area contributed by atoms with E-state index >= 15 is 0 Å². The summed E-state index contributed by atoms with van der Waals surface area (Å²) in [5, 5.41) is 29.3. The summed E-state index contributed by atoms with van der Waals surface area (Å²) in [6.07, 6.45) is 1.87. The molecule has 1 aliphatic heterocycles. The number of hydrogen-bond acceptors (Lipinski definition) is 7. The number of nitrogens with one attached hydrogen (secondary N) is 4. The number of nitrogens with two attached hydrogens (primary N) is 2. The van der Waals surface area contributed by atoms with E-state index in [0.717, 1.165) is 6.42 Å². The Morgan fingerprint density at radius 2 is 1.78 bits per heavy atom. The number of aliphatic hydroxyl groups is 1. The molecule has 0 aliphatic carbocycles. The van der Waals surface area contributed by atoms with Gasteiger partial charge in [-0.05, 0) is 38.1 Å². The summed E-state index contributed by atoms with van der Waals surface area (Å²) in [6, 6.07) is -3.95. The van der Waals surface area contributed by atoms with Crippen LogP contribution < -0.4 is 32.7 Å². The Bertz CT molecular complexity index is 690. The first kappa shape index (κ1) is 27.1. The Hall–Kier alpha value is -2.93. The average Bonchev–Trinajstić information content (AvgIpc) is 3.26. The quantitative estimate of drug-likeness (QED) is 0.0799. The number of carbonyl (C=O) groups is 4. The first-order chi connectivity index (χ1) is 15.1. The molecule has 0 saturated carbocycles. The van der Waals surface area contributed by atoms with Gasteiger partial charge in [-0.25, -0.2) is 4.79 Å². The van der Waals surface area contributed by atoms with Crippen molar-refractivity contribution in [2.45, 2.75) is 63.7 Å². The molecule has 1 fully saturated rings. The van der Waals surface area contributed by atoms with Crippen molar-refractivity contribution in [3.05, 3.63) is 0 Å². The number of aliphatic carboxylic acids is 1. The molecule has 0 unspecified atom stereocenters. The highest BCUT2D eigenvalue weighted by molar-refractivity contribution is 5.94. The largest absolute Gasteiger partial charge is 0.480 e. The predicted octanol–water partition coefficient (Wildman–Crippen LogP) is -3.02. The van der Waals surface area contributed by atoms with Crippen molar-refractivity contribution in [2.75, 3.05) is 19.7 Å². The van der Waals surface area contributed by atoms with Crippen molar-refractivity contribution < 1.29 is 29.4 Å². The Labute approximate surface area is 186 Å². The van der Waals surface area contributed by atoms with Gasteiger partial charge in [0.25, 0.3) is 0 Å². The van der Waals surface area contributed by atoms with Gasteiger partial charge < -0.3 is 42.9 Å². The topological polar surface area (TPSA) is 221 Å². The Morgan fingerprint density at radius 3 is 2.28 bits per heavy atom. The molecule has 0 aromatic carbocycles. The Morgan fingerprint density at radius 1 is 1.09 bits per heavy atom. The second-order valence-corrected chi connectivity index (χ2v) is 7.97. The second kappa shape index (κ2) is 13.5. The number of aliphatic hydroxyl groups excluding tert-OH is 1. The lowest BCUT2D eigenvalue weighted by Gasteiger charge is -2.26. The van der Waals surface area contributed by atoms with Crippen molar-refractivity contribution >= 4 is 29.7 Å². The lowest BCUT2D eigenvalue weighted by Crippen LogP contribution is -2.59. The molecule has 0 aromatic rings. The van der Waals surface area contributed by atoms with Gasteiger partial charge in [-0.2, -0.15) is 0 Å². The molecule has 0 bridgehead atoms. The van der Waals surface area contributed by atoms with Crippen LogP contribution in [0.3, 0.4) is 0 Å². The number of guanidine groups is 1. The van der Waals surface area contributed by atoms with Gasteiger partial charge in [0, 0.05) is 6.54 Å². The van der Waals surface area contributed by atoms with Gasteiger partial charge in [-0.1, -0.05) is 13.8 Å². The van der Waals surface area contributed by atoms with Crippen molar-refractivity contribution in [1.29, 1.82) is 0 Å². The molecule has 3 amide bonds. The molecular formula is C19H35N7O6. The lowest BCUT2D eigenvalue weighted by molar-refractivity contribution is -0.142. The molecule has 0 radical (unpaired) electrons. The van der Waals surface area contributed by atoms with E-state index in [4.69, 9.17) is 11.5 Å². The van der Waals surface area contributed by atoms with E-state index in [1.807, 2.05) is 0 Å². The number of carboxylic acids is 1. The van der Waals surface area contributed by atoms with E-state index < -0.39 is 54.5 Å². The molecular weight excluding hydrogens is 422 g/mol. The van der Waals surface area contributed by atoms with Crippen LogP contribution in [0.15, 0.2) is 4.99 Å². The molecule has 1 saturated heterocycles. The summed E-state index contributed by atoms with van der Waals surface area (Å²) in [4.78, 5) is 52.8. The van der Waals surface area contributed by atoms with Crippen LogP contribution in [0, 0.1) is 5.92 Å². The summed E-state index contributed by atoms with van der Waals surface area (Å²) < 4.78 is 0. The maximum absolute atomic E-state index is 12.7. The van der Waals surface area contributed by atoms with Gasteiger partial charge in [-0.15, -0.1) is 0 Å². The third-order valence-electron chi connectivity index (χ3n) is 5.00. The number of carboxylic acid groups (broad SMARTS) is 1. The molecule has 1 aliphatic rings. The van der Waals surface area contributed by atoms with Crippen LogP contribution in [0.5, 0.6) is 0 Å². The van der Waals surface area contributed by atoms with E-state index in [1.54, 1.807) is 13.8 Å². The van der Waals surface area contributed by atoms with Gasteiger partial charge in [0.2, 0.25) is 17.7 Å². The SMILES string of the molecule is CC(C)[C@H](NC(=O)[C@H](CO)NC(=O)[C@@H]1CCCN1)C(=O)N[C@@H](CCCN=C(N)N)C(=O)O. The zero-order valence-electron chi connectivity index (χ0n) is 18.5. The van der Waals surface area contributed by atoms with Crippen molar-refractivity contribution in [3.63, 3.8) is 0 Å². The minimum atomic E-state index is -1.24.